The van der Waals surface area contributed by atoms with Crippen molar-refractivity contribution in [1.82, 2.24) is 9.78 Å². The van der Waals surface area contributed by atoms with Gasteiger partial charge in [-0.15, -0.1) is 0 Å². The van der Waals surface area contributed by atoms with E-state index in [1.807, 2.05) is 11.7 Å². The molecule has 0 bridgehead atoms. The van der Waals surface area contributed by atoms with Crippen molar-refractivity contribution in [3.05, 3.63) is 50.2 Å². The summed E-state index contributed by atoms with van der Waals surface area (Å²) < 4.78 is 3.05. The van der Waals surface area contributed by atoms with Gasteiger partial charge in [0.2, 0.25) is 0 Å². The molecule has 0 aliphatic carbocycles. The molecule has 2 N–H and O–H groups in total. The second kappa shape index (κ2) is 6.32. The van der Waals surface area contributed by atoms with Crippen LogP contribution in [0, 0.1) is 20.8 Å². The van der Waals surface area contributed by atoms with Crippen LogP contribution in [-0.4, -0.2) is 9.78 Å². The fourth-order valence-corrected chi connectivity index (χ4v) is 3.91. The van der Waals surface area contributed by atoms with E-state index in [0.29, 0.717) is 0 Å². The molecule has 3 nitrogen and oxygen atoms in total. The van der Waals surface area contributed by atoms with Crippen LogP contribution in [0.5, 0.6) is 0 Å². The van der Waals surface area contributed by atoms with E-state index >= 15 is 0 Å². The molecule has 0 aliphatic rings. The monoisotopic (exact) mass is 349 g/mol. The molecule has 1 aromatic carbocycles. The van der Waals surface area contributed by atoms with Gasteiger partial charge in [0.15, 0.2) is 0 Å². The van der Waals surface area contributed by atoms with Gasteiger partial charge in [0.05, 0.1) is 15.9 Å². The van der Waals surface area contributed by atoms with Crippen LogP contribution in [-0.2, 0) is 19.9 Å². The van der Waals surface area contributed by atoms with E-state index in [1.165, 1.54) is 27.9 Å². The lowest BCUT2D eigenvalue weighted by Crippen LogP contribution is -2.18. The molecule has 0 radical (unpaired) electrons. The zero-order valence-electron chi connectivity index (χ0n) is 13.5. The van der Waals surface area contributed by atoms with Crippen molar-refractivity contribution < 1.29 is 0 Å². The average Bonchev–Trinajstić information content (AvgIpc) is 2.65. The lowest BCUT2D eigenvalue weighted by Gasteiger charge is -2.19. The molecule has 1 atom stereocenters. The van der Waals surface area contributed by atoms with Crippen molar-refractivity contribution in [1.29, 1.82) is 0 Å². The van der Waals surface area contributed by atoms with Crippen LogP contribution in [0.3, 0.4) is 0 Å². The summed E-state index contributed by atoms with van der Waals surface area (Å²) in [5.74, 6) is 0. The number of nitrogens with zero attached hydrogens (tertiary/aromatic N) is 2. The zero-order valence-corrected chi connectivity index (χ0v) is 15.1. The van der Waals surface area contributed by atoms with Gasteiger partial charge in [-0.05, 0) is 59.8 Å². The molecule has 1 aromatic heterocycles. The highest BCUT2D eigenvalue weighted by atomic mass is 79.9. The molecule has 0 spiro atoms. The summed E-state index contributed by atoms with van der Waals surface area (Å²) in [4.78, 5) is 0. The molecule has 114 valence electrons. The summed E-state index contributed by atoms with van der Waals surface area (Å²) in [7, 11) is 1.99. The molecule has 0 saturated carbocycles. The van der Waals surface area contributed by atoms with Crippen molar-refractivity contribution in [3.63, 3.8) is 0 Å². The maximum absolute atomic E-state index is 6.51. The first-order valence-electron chi connectivity index (χ1n) is 7.38. The Kier molecular flexibility index (Phi) is 4.89. The van der Waals surface area contributed by atoms with Crippen molar-refractivity contribution >= 4 is 15.9 Å². The smallest absolute Gasteiger partial charge is 0.0766 e. The van der Waals surface area contributed by atoms with Gasteiger partial charge >= 0.3 is 0 Å². The second-order valence-corrected chi connectivity index (χ2v) is 6.60. The molecule has 0 aliphatic heterocycles. The molecule has 1 heterocycles. The van der Waals surface area contributed by atoms with Crippen molar-refractivity contribution in [3.8, 4) is 0 Å². The normalized spacial score (nSPS) is 12.7. The van der Waals surface area contributed by atoms with E-state index in [4.69, 9.17) is 5.73 Å². The summed E-state index contributed by atoms with van der Waals surface area (Å²) in [6, 6.07) is 4.40. The predicted molar refractivity (Wildman–Crippen MR) is 91.6 cm³/mol. The zero-order chi connectivity index (χ0) is 15.7. The van der Waals surface area contributed by atoms with Gasteiger partial charge in [-0.3, -0.25) is 4.68 Å². The van der Waals surface area contributed by atoms with E-state index in [2.05, 4.69) is 60.9 Å². The van der Waals surface area contributed by atoms with Crippen LogP contribution in [0.25, 0.3) is 0 Å². The number of hydrogen-bond donors (Lipinski definition) is 1. The number of nitrogens with two attached hydrogens (primary N) is 1. The molecule has 1 unspecified atom stereocenters. The van der Waals surface area contributed by atoms with Crippen LogP contribution in [0.2, 0.25) is 0 Å². The molecular weight excluding hydrogens is 326 g/mol. The lowest BCUT2D eigenvalue weighted by molar-refractivity contribution is 0.632. The third-order valence-electron chi connectivity index (χ3n) is 4.03. The fourth-order valence-electron chi connectivity index (χ4n) is 3.13. The SMILES string of the molecule is CCc1nn(C)c(CC(N)c2c(C)cc(C)cc2C)c1Br. The number of aryl methyl sites for hydroxylation is 5. The summed E-state index contributed by atoms with van der Waals surface area (Å²) in [6.07, 6.45) is 1.71. The predicted octanol–water partition coefficient (Wildman–Crippen LogP) is 3.91. The summed E-state index contributed by atoms with van der Waals surface area (Å²) in [5, 5.41) is 4.55. The Bertz CT molecular complexity index is 635. The van der Waals surface area contributed by atoms with Crippen molar-refractivity contribution in [2.45, 2.75) is 46.6 Å². The Hall–Kier alpha value is -1.13. The second-order valence-electron chi connectivity index (χ2n) is 5.81. The minimum atomic E-state index is -0.0120. The van der Waals surface area contributed by atoms with Crippen molar-refractivity contribution in [2.75, 3.05) is 0 Å². The Morgan fingerprint density at radius 2 is 1.81 bits per heavy atom. The Labute approximate surface area is 135 Å². The van der Waals surface area contributed by atoms with E-state index < -0.39 is 0 Å². The highest BCUT2D eigenvalue weighted by molar-refractivity contribution is 9.10. The van der Waals surface area contributed by atoms with Crippen LogP contribution in [0.4, 0.5) is 0 Å². The Morgan fingerprint density at radius 3 is 2.29 bits per heavy atom. The first-order chi connectivity index (χ1) is 9.85. The average molecular weight is 350 g/mol. The maximum atomic E-state index is 6.51. The maximum Gasteiger partial charge on any atom is 0.0766 e. The quantitative estimate of drug-likeness (QED) is 0.909. The van der Waals surface area contributed by atoms with E-state index in [-0.39, 0.29) is 6.04 Å². The number of rotatable bonds is 4. The van der Waals surface area contributed by atoms with Crippen LogP contribution in [0.1, 0.15) is 46.6 Å². The Morgan fingerprint density at radius 1 is 1.24 bits per heavy atom. The minimum Gasteiger partial charge on any atom is -0.324 e. The molecule has 2 aromatic rings. The molecule has 4 heteroatoms. The third kappa shape index (κ3) is 3.22. The summed E-state index contributed by atoms with van der Waals surface area (Å²) in [6.45, 7) is 8.53. The highest BCUT2D eigenvalue weighted by Crippen LogP contribution is 2.29. The first-order valence-corrected chi connectivity index (χ1v) is 8.18. The van der Waals surface area contributed by atoms with Gasteiger partial charge in [0.25, 0.3) is 0 Å². The molecule has 0 fully saturated rings. The number of halogens is 1. The minimum absolute atomic E-state index is 0.0120. The fraction of sp³-hybridized carbons (Fsp3) is 0.471. The highest BCUT2D eigenvalue weighted by Gasteiger charge is 2.19. The lowest BCUT2D eigenvalue weighted by atomic mass is 9.92. The van der Waals surface area contributed by atoms with E-state index in [9.17, 15) is 0 Å². The van der Waals surface area contributed by atoms with Gasteiger partial charge in [-0.1, -0.05) is 24.6 Å². The standard InChI is InChI=1S/C17H24BrN3/c1-6-14-17(18)15(21(5)20-14)9-13(19)16-11(3)7-10(2)8-12(16)4/h7-8,13H,6,9,19H2,1-5H3. The Balaban J connectivity index is 2.35. The van der Waals surface area contributed by atoms with Crippen molar-refractivity contribution in [2.24, 2.45) is 12.8 Å². The summed E-state index contributed by atoms with van der Waals surface area (Å²) in [5.41, 5.74) is 13.9. The molecule has 21 heavy (non-hydrogen) atoms. The molecular formula is C17H24BrN3. The summed E-state index contributed by atoms with van der Waals surface area (Å²) >= 11 is 3.67. The molecule has 2 rings (SSSR count). The first kappa shape index (κ1) is 16.2. The largest absolute Gasteiger partial charge is 0.324 e. The van der Waals surface area contributed by atoms with E-state index in [0.717, 1.165) is 23.0 Å². The number of aromatic nitrogens is 2. The molecule has 0 saturated heterocycles. The van der Waals surface area contributed by atoms with Gasteiger partial charge in [-0.25, -0.2) is 0 Å². The van der Waals surface area contributed by atoms with Gasteiger partial charge in [-0.2, -0.15) is 5.10 Å². The van der Waals surface area contributed by atoms with Gasteiger partial charge in [0, 0.05) is 19.5 Å². The number of benzene rings is 1. The molecule has 0 amide bonds. The van der Waals surface area contributed by atoms with Crippen LogP contribution >= 0.6 is 15.9 Å². The third-order valence-corrected chi connectivity index (χ3v) is 4.94. The number of hydrogen-bond acceptors (Lipinski definition) is 2. The topological polar surface area (TPSA) is 43.8 Å². The van der Waals surface area contributed by atoms with Crippen LogP contribution in [0.15, 0.2) is 16.6 Å². The van der Waals surface area contributed by atoms with Crippen LogP contribution < -0.4 is 5.73 Å². The van der Waals surface area contributed by atoms with E-state index in [1.54, 1.807) is 0 Å². The van der Waals surface area contributed by atoms with Gasteiger partial charge in [0.1, 0.15) is 0 Å². The van der Waals surface area contributed by atoms with Gasteiger partial charge < -0.3 is 5.73 Å².